The molecule has 8 heteroatoms. The van der Waals surface area contributed by atoms with Gasteiger partial charge in [-0.15, -0.1) is 0 Å². The van der Waals surface area contributed by atoms with Crippen molar-refractivity contribution in [2.45, 2.75) is 36.7 Å². The summed E-state index contributed by atoms with van der Waals surface area (Å²) >= 11 is 5.98. The molecule has 0 bridgehead atoms. The summed E-state index contributed by atoms with van der Waals surface area (Å²) in [6, 6.07) is 13.5. The summed E-state index contributed by atoms with van der Waals surface area (Å²) in [4.78, 5) is 14.9. The molecule has 6 nitrogen and oxygen atoms in total. The SMILES string of the molecule is CC(CNC(=O)c1cccc(S(=O)(=O)N(C)c2cccc(Cl)c2)c1)N(C)C1CC1. The molecule has 0 aromatic heterocycles. The Balaban J connectivity index is 1.73. The molecule has 0 aliphatic heterocycles. The van der Waals surface area contributed by atoms with Crippen molar-refractivity contribution in [3.05, 3.63) is 59.1 Å². The Morgan fingerprint density at radius 2 is 1.86 bits per heavy atom. The van der Waals surface area contributed by atoms with Crippen molar-refractivity contribution in [3.63, 3.8) is 0 Å². The van der Waals surface area contributed by atoms with Crippen LogP contribution >= 0.6 is 11.6 Å². The molecule has 3 rings (SSSR count). The van der Waals surface area contributed by atoms with E-state index in [0.717, 1.165) is 4.31 Å². The second kappa shape index (κ2) is 8.73. The van der Waals surface area contributed by atoms with Crippen molar-refractivity contribution in [1.29, 1.82) is 0 Å². The number of halogens is 1. The number of amides is 1. The molecule has 156 valence electrons. The largest absolute Gasteiger partial charge is 0.350 e. The highest BCUT2D eigenvalue weighted by atomic mass is 35.5. The second-order valence-corrected chi connectivity index (χ2v) is 9.84. The van der Waals surface area contributed by atoms with E-state index in [0.29, 0.717) is 28.9 Å². The second-order valence-electron chi connectivity index (χ2n) is 7.44. The van der Waals surface area contributed by atoms with Crippen LogP contribution in [0.5, 0.6) is 0 Å². The number of hydrogen-bond acceptors (Lipinski definition) is 4. The maximum absolute atomic E-state index is 13.0. The Morgan fingerprint density at radius 3 is 2.52 bits per heavy atom. The van der Waals surface area contributed by atoms with Gasteiger partial charge < -0.3 is 5.32 Å². The fraction of sp³-hybridized carbons (Fsp3) is 0.381. The molecule has 0 saturated heterocycles. The lowest BCUT2D eigenvalue weighted by Crippen LogP contribution is -2.41. The number of hydrogen-bond donors (Lipinski definition) is 1. The monoisotopic (exact) mass is 435 g/mol. The molecule has 1 N–H and O–H groups in total. The Hall–Kier alpha value is -2.09. The van der Waals surface area contributed by atoms with E-state index in [4.69, 9.17) is 11.6 Å². The van der Waals surface area contributed by atoms with Gasteiger partial charge >= 0.3 is 0 Å². The third-order valence-corrected chi connectivity index (χ3v) is 7.32. The quantitative estimate of drug-likeness (QED) is 0.690. The minimum Gasteiger partial charge on any atom is -0.350 e. The number of nitrogens with zero attached hydrogens (tertiary/aromatic N) is 2. The van der Waals surface area contributed by atoms with Crippen LogP contribution in [-0.2, 0) is 10.0 Å². The number of anilines is 1. The molecule has 1 atom stereocenters. The lowest BCUT2D eigenvalue weighted by molar-refractivity contribution is 0.0939. The Labute approximate surface area is 177 Å². The van der Waals surface area contributed by atoms with E-state index in [1.807, 2.05) is 0 Å². The third kappa shape index (κ3) is 5.10. The number of nitrogens with one attached hydrogen (secondary N) is 1. The van der Waals surface area contributed by atoms with Crippen LogP contribution in [0.2, 0.25) is 5.02 Å². The number of rotatable bonds is 8. The fourth-order valence-corrected chi connectivity index (χ4v) is 4.51. The first-order chi connectivity index (χ1) is 13.7. The van der Waals surface area contributed by atoms with Crippen LogP contribution in [0.3, 0.4) is 0 Å². The zero-order valence-electron chi connectivity index (χ0n) is 16.8. The van der Waals surface area contributed by atoms with Crippen LogP contribution in [0.4, 0.5) is 5.69 Å². The standard InChI is InChI=1S/C21H26ClN3O3S/c1-15(24(2)18-10-11-18)14-23-21(26)16-6-4-9-20(12-16)29(27,28)25(3)19-8-5-7-17(22)13-19/h4-9,12-13,15,18H,10-11,14H2,1-3H3,(H,23,26). The molecule has 29 heavy (non-hydrogen) atoms. The van der Waals surface area contributed by atoms with Gasteiger partial charge in [0.2, 0.25) is 0 Å². The molecule has 1 saturated carbocycles. The van der Waals surface area contributed by atoms with E-state index >= 15 is 0 Å². The van der Waals surface area contributed by atoms with Gasteiger partial charge in [-0.25, -0.2) is 8.42 Å². The van der Waals surface area contributed by atoms with E-state index in [1.54, 1.807) is 36.4 Å². The van der Waals surface area contributed by atoms with Crippen LogP contribution in [0, 0.1) is 0 Å². The maximum Gasteiger partial charge on any atom is 0.264 e. The number of benzene rings is 2. The van der Waals surface area contributed by atoms with Gasteiger partial charge in [0.05, 0.1) is 10.6 Å². The molecule has 1 aliphatic carbocycles. The molecule has 2 aromatic carbocycles. The van der Waals surface area contributed by atoms with Gasteiger partial charge in [-0.3, -0.25) is 14.0 Å². The van der Waals surface area contributed by atoms with Gasteiger partial charge in [0.1, 0.15) is 0 Å². The first-order valence-electron chi connectivity index (χ1n) is 9.55. The zero-order chi connectivity index (χ0) is 21.2. The molecule has 2 aromatic rings. The molecule has 0 spiro atoms. The van der Waals surface area contributed by atoms with Crippen LogP contribution in [0.15, 0.2) is 53.4 Å². The summed E-state index contributed by atoms with van der Waals surface area (Å²) in [5.74, 6) is -0.288. The highest BCUT2D eigenvalue weighted by Gasteiger charge is 2.29. The summed E-state index contributed by atoms with van der Waals surface area (Å²) in [6.45, 7) is 2.57. The van der Waals surface area contributed by atoms with E-state index in [9.17, 15) is 13.2 Å². The van der Waals surface area contributed by atoms with Gasteiger partial charge in [0.15, 0.2) is 0 Å². The topological polar surface area (TPSA) is 69.7 Å². The highest BCUT2D eigenvalue weighted by molar-refractivity contribution is 7.92. The summed E-state index contributed by atoms with van der Waals surface area (Å²) in [5.41, 5.74) is 0.760. The van der Waals surface area contributed by atoms with Crippen LogP contribution < -0.4 is 9.62 Å². The molecule has 1 aliphatic rings. The van der Waals surface area contributed by atoms with Crippen molar-refractivity contribution in [2.75, 3.05) is 24.9 Å². The van der Waals surface area contributed by atoms with Gasteiger partial charge in [-0.05, 0) is 63.2 Å². The smallest absolute Gasteiger partial charge is 0.264 e. The van der Waals surface area contributed by atoms with Crippen molar-refractivity contribution in [3.8, 4) is 0 Å². The van der Waals surface area contributed by atoms with E-state index in [2.05, 4.69) is 24.2 Å². The minimum atomic E-state index is -3.83. The Kier molecular flexibility index (Phi) is 6.51. The average Bonchev–Trinajstić information content (AvgIpc) is 3.56. The van der Waals surface area contributed by atoms with E-state index in [1.165, 1.54) is 32.0 Å². The lowest BCUT2D eigenvalue weighted by atomic mass is 10.2. The van der Waals surface area contributed by atoms with Gasteiger partial charge in [-0.1, -0.05) is 23.7 Å². The van der Waals surface area contributed by atoms with Crippen molar-refractivity contribution in [1.82, 2.24) is 10.2 Å². The van der Waals surface area contributed by atoms with E-state index in [-0.39, 0.29) is 16.8 Å². The average molecular weight is 436 g/mol. The fourth-order valence-electron chi connectivity index (χ4n) is 3.09. The van der Waals surface area contributed by atoms with Crippen molar-refractivity contribution in [2.24, 2.45) is 0 Å². The minimum absolute atomic E-state index is 0.0516. The van der Waals surface area contributed by atoms with Gasteiger partial charge in [0, 0.05) is 36.3 Å². The van der Waals surface area contributed by atoms with Crippen molar-refractivity contribution < 1.29 is 13.2 Å². The normalized spacial score (nSPS) is 15.2. The molecule has 1 fully saturated rings. The number of sulfonamides is 1. The van der Waals surface area contributed by atoms with Crippen molar-refractivity contribution >= 4 is 33.2 Å². The van der Waals surface area contributed by atoms with E-state index < -0.39 is 10.0 Å². The summed E-state index contributed by atoms with van der Waals surface area (Å²) in [5, 5.41) is 3.35. The predicted octanol–water partition coefficient (Wildman–Crippen LogP) is 3.38. The van der Waals surface area contributed by atoms with Crippen LogP contribution in [0.1, 0.15) is 30.1 Å². The summed E-state index contributed by atoms with van der Waals surface area (Å²) < 4.78 is 27.2. The molecular formula is C21H26ClN3O3S. The molecule has 0 radical (unpaired) electrons. The third-order valence-electron chi connectivity index (χ3n) is 5.30. The Morgan fingerprint density at radius 1 is 1.17 bits per heavy atom. The van der Waals surface area contributed by atoms with Gasteiger partial charge in [-0.2, -0.15) is 0 Å². The van der Waals surface area contributed by atoms with Crippen LogP contribution in [-0.4, -0.2) is 51.9 Å². The first kappa shape index (κ1) is 21.6. The number of likely N-dealkylation sites (N-methyl/N-ethyl adjacent to an activating group) is 1. The first-order valence-corrected chi connectivity index (χ1v) is 11.4. The summed E-state index contributed by atoms with van der Waals surface area (Å²) in [7, 11) is -0.302. The number of carbonyl (C=O) groups excluding carboxylic acids is 1. The maximum atomic E-state index is 13.0. The lowest BCUT2D eigenvalue weighted by Gasteiger charge is -2.24. The zero-order valence-corrected chi connectivity index (χ0v) is 18.4. The Bertz CT molecular complexity index is 992. The molecule has 0 heterocycles. The summed E-state index contributed by atoms with van der Waals surface area (Å²) in [6.07, 6.45) is 2.41. The highest BCUT2D eigenvalue weighted by Crippen LogP contribution is 2.27. The molecule has 1 amide bonds. The molecule has 1 unspecified atom stereocenters. The predicted molar refractivity (Wildman–Crippen MR) is 116 cm³/mol. The molecular weight excluding hydrogens is 410 g/mol. The number of carbonyl (C=O) groups is 1. The van der Waals surface area contributed by atoms with Gasteiger partial charge in [0.25, 0.3) is 15.9 Å². The van der Waals surface area contributed by atoms with Crippen LogP contribution in [0.25, 0.3) is 0 Å².